The molecule has 0 aromatic heterocycles. The van der Waals surface area contributed by atoms with E-state index in [1.165, 1.54) is 0 Å². The molecule has 0 fully saturated rings. The first-order valence-electron chi connectivity index (χ1n) is 6.01. The van der Waals surface area contributed by atoms with E-state index in [0.29, 0.717) is 11.1 Å². The second-order valence-corrected chi connectivity index (χ2v) is 4.47. The standard InChI is InChI=1S/C16H15NO2/c1-17(2)14-10-6-9-13(11-14)16(19)15(18)12-7-4-3-5-8-12/h3-11H,1-2H3. The van der Waals surface area contributed by atoms with Crippen molar-refractivity contribution in [2.45, 2.75) is 0 Å². The van der Waals surface area contributed by atoms with Crippen LogP contribution in [0.3, 0.4) is 0 Å². The summed E-state index contributed by atoms with van der Waals surface area (Å²) in [7, 11) is 3.78. The normalized spacial score (nSPS) is 10.0. The number of hydrogen-bond acceptors (Lipinski definition) is 3. The molecule has 0 amide bonds. The molecule has 0 heterocycles. The molecule has 0 radical (unpaired) electrons. The third kappa shape index (κ3) is 2.88. The van der Waals surface area contributed by atoms with Crippen molar-refractivity contribution in [3.8, 4) is 0 Å². The fourth-order valence-corrected chi connectivity index (χ4v) is 1.78. The van der Waals surface area contributed by atoms with Gasteiger partial charge < -0.3 is 4.90 Å². The quantitative estimate of drug-likeness (QED) is 0.621. The van der Waals surface area contributed by atoms with Gasteiger partial charge in [0.25, 0.3) is 0 Å². The predicted molar refractivity (Wildman–Crippen MR) is 75.9 cm³/mol. The predicted octanol–water partition coefficient (Wildman–Crippen LogP) is 2.82. The van der Waals surface area contributed by atoms with Crippen LogP contribution in [-0.4, -0.2) is 25.7 Å². The van der Waals surface area contributed by atoms with Crippen molar-refractivity contribution in [1.29, 1.82) is 0 Å². The van der Waals surface area contributed by atoms with Crippen LogP contribution in [0.15, 0.2) is 54.6 Å². The van der Waals surface area contributed by atoms with Crippen LogP contribution in [-0.2, 0) is 0 Å². The minimum Gasteiger partial charge on any atom is -0.378 e. The van der Waals surface area contributed by atoms with Crippen LogP contribution in [0.2, 0.25) is 0 Å². The number of nitrogens with zero attached hydrogens (tertiary/aromatic N) is 1. The maximum absolute atomic E-state index is 12.2. The molecule has 2 rings (SSSR count). The molecule has 0 aliphatic rings. The van der Waals surface area contributed by atoms with Crippen LogP contribution in [0.25, 0.3) is 0 Å². The van der Waals surface area contributed by atoms with Crippen LogP contribution in [0.5, 0.6) is 0 Å². The Morgan fingerprint density at radius 3 is 2.00 bits per heavy atom. The van der Waals surface area contributed by atoms with E-state index in [1.807, 2.05) is 31.1 Å². The highest BCUT2D eigenvalue weighted by Gasteiger charge is 2.18. The van der Waals surface area contributed by atoms with Gasteiger partial charge in [-0.15, -0.1) is 0 Å². The van der Waals surface area contributed by atoms with E-state index in [2.05, 4.69) is 0 Å². The highest BCUT2D eigenvalue weighted by molar-refractivity contribution is 6.49. The van der Waals surface area contributed by atoms with Gasteiger partial charge in [-0.3, -0.25) is 9.59 Å². The van der Waals surface area contributed by atoms with Gasteiger partial charge >= 0.3 is 0 Å². The van der Waals surface area contributed by atoms with Crippen LogP contribution in [0.4, 0.5) is 5.69 Å². The molecule has 2 aromatic rings. The monoisotopic (exact) mass is 253 g/mol. The maximum atomic E-state index is 12.2. The van der Waals surface area contributed by atoms with E-state index in [0.717, 1.165) is 5.69 Å². The SMILES string of the molecule is CN(C)c1cccc(C(=O)C(=O)c2ccccc2)c1. The van der Waals surface area contributed by atoms with Crippen molar-refractivity contribution in [2.24, 2.45) is 0 Å². The van der Waals surface area contributed by atoms with E-state index >= 15 is 0 Å². The number of Topliss-reactive ketones (excluding diaryl/α,β-unsaturated/α-hetero) is 2. The van der Waals surface area contributed by atoms with E-state index < -0.39 is 11.6 Å². The average molecular weight is 253 g/mol. The minimum atomic E-state index is -0.477. The van der Waals surface area contributed by atoms with Gasteiger partial charge in [-0.1, -0.05) is 42.5 Å². The second-order valence-electron chi connectivity index (χ2n) is 4.47. The summed E-state index contributed by atoms with van der Waals surface area (Å²) in [6, 6.07) is 15.7. The smallest absolute Gasteiger partial charge is 0.233 e. The molecule has 3 nitrogen and oxygen atoms in total. The highest BCUT2D eigenvalue weighted by atomic mass is 16.2. The largest absolute Gasteiger partial charge is 0.378 e. The molecule has 0 aliphatic carbocycles. The van der Waals surface area contributed by atoms with Crippen molar-refractivity contribution in [3.05, 3.63) is 65.7 Å². The third-order valence-corrected chi connectivity index (χ3v) is 2.87. The van der Waals surface area contributed by atoms with E-state index in [-0.39, 0.29) is 0 Å². The molecule has 0 saturated heterocycles. The number of carbonyl (C=O) groups is 2. The second kappa shape index (κ2) is 5.48. The summed E-state index contributed by atoms with van der Waals surface area (Å²) in [6.07, 6.45) is 0. The number of anilines is 1. The topological polar surface area (TPSA) is 37.4 Å². The summed E-state index contributed by atoms with van der Waals surface area (Å²) in [5, 5.41) is 0. The summed E-state index contributed by atoms with van der Waals surface area (Å²) >= 11 is 0. The molecule has 0 spiro atoms. The highest BCUT2D eigenvalue weighted by Crippen LogP contribution is 2.15. The average Bonchev–Trinajstić information content (AvgIpc) is 2.46. The number of ketones is 2. The first kappa shape index (κ1) is 13.0. The van der Waals surface area contributed by atoms with Crippen molar-refractivity contribution in [1.82, 2.24) is 0 Å². The van der Waals surface area contributed by atoms with Crippen molar-refractivity contribution < 1.29 is 9.59 Å². The van der Waals surface area contributed by atoms with Crippen molar-refractivity contribution in [2.75, 3.05) is 19.0 Å². The number of rotatable bonds is 4. The van der Waals surface area contributed by atoms with Gasteiger partial charge in [0.05, 0.1) is 0 Å². The number of carbonyl (C=O) groups excluding carboxylic acids is 2. The van der Waals surface area contributed by atoms with Gasteiger partial charge in [-0.05, 0) is 12.1 Å². The van der Waals surface area contributed by atoms with Crippen LogP contribution >= 0.6 is 0 Å². The van der Waals surface area contributed by atoms with Gasteiger partial charge in [0.2, 0.25) is 11.6 Å². The lowest BCUT2D eigenvalue weighted by Crippen LogP contribution is -2.15. The Hall–Kier alpha value is -2.42. The molecule has 96 valence electrons. The maximum Gasteiger partial charge on any atom is 0.233 e. The third-order valence-electron chi connectivity index (χ3n) is 2.87. The van der Waals surface area contributed by atoms with E-state index in [4.69, 9.17) is 0 Å². The van der Waals surface area contributed by atoms with Crippen LogP contribution in [0.1, 0.15) is 20.7 Å². The Labute approximate surface area is 112 Å². The Balaban J connectivity index is 2.30. The molecule has 0 atom stereocenters. The van der Waals surface area contributed by atoms with Gasteiger partial charge in [-0.25, -0.2) is 0 Å². The number of benzene rings is 2. The summed E-state index contributed by atoms with van der Waals surface area (Å²) in [6.45, 7) is 0. The van der Waals surface area contributed by atoms with Gasteiger partial charge in [0.1, 0.15) is 0 Å². The van der Waals surface area contributed by atoms with Crippen LogP contribution in [0, 0.1) is 0 Å². The van der Waals surface area contributed by atoms with Gasteiger partial charge in [-0.2, -0.15) is 0 Å². The molecular weight excluding hydrogens is 238 g/mol. The molecule has 19 heavy (non-hydrogen) atoms. The van der Waals surface area contributed by atoms with Crippen molar-refractivity contribution >= 4 is 17.3 Å². The molecule has 2 aromatic carbocycles. The molecule has 0 bridgehead atoms. The zero-order valence-corrected chi connectivity index (χ0v) is 11.0. The lowest BCUT2D eigenvalue weighted by atomic mass is 10.0. The van der Waals surface area contributed by atoms with E-state index in [9.17, 15) is 9.59 Å². The first-order valence-corrected chi connectivity index (χ1v) is 6.01. The fourth-order valence-electron chi connectivity index (χ4n) is 1.78. The fraction of sp³-hybridized carbons (Fsp3) is 0.125. The van der Waals surface area contributed by atoms with Crippen molar-refractivity contribution in [3.63, 3.8) is 0 Å². The zero-order valence-electron chi connectivity index (χ0n) is 11.0. The molecule has 0 saturated carbocycles. The summed E-state index contributed by atoms with van der Waals surface area (Å²) in [4.78, 5) is 26.1. The Bertz CT molecular complexity index is 603. The Kier molecular flexibility index (Phi) is 3.76. The van der Waals surface area contributed by atoms with Gasteiger partial charge in [0.15, 0.2) is 0 Å². The Morgan fingerprint density at radius 1 is 0.789 bits per heavy atom. The zero-order chi connectivity index (χ0) is 13.8. The lowest BCUT2D eigenvalue weighted by Gasteiger charge is -2.12. The molecule has 0 aliphatic heterocycles. The Morgan fingerprint density at radius 2 is 1.37 bits per heavy atom. The molecule has 0 unspecified atom stereocenters. The summed E-state index contributed by atoms with van der Waals surface area (Å²) in [5.74, 6) is -0.952. The van der Waals surface area contributed by atoms with E-state index in [1.54, 1.807) is 42.5 Å². The molecule has 0 N–H and O–H groups in total. The van der Waals surface area contributed by atoms with Gasteiger partial charge in [0, 0.05) is 30.9 Å². The first-order chi connectivity index (χ1) is 9.09. The molecule has 3 heteroatoms. The summed E-state index contributed by atoms with van der Waals surface area (Å²) in [5.41, 5.74) is 1.73. The van der Waals surface area contributed by atoms with Crippen LogP contribution < -0.4 is 4.90 Å². The lowest BCUT2D eigenvalue weighted by molar-refractivity contribution is 0.0817. The summed E-state index contributed by atoms with van der Waals surface area (Å²) < 4.78 is 0. The number of hydrogen-bond donors (Lipinski definition) is 0. The molecular formula is C16H15NO2. The minimum absolute atomic E-state index is 0.417.